The minimum absolute atomic E-state index is 0.0949. The summed E-state index contributed by atoms with van der Waals surface area (Å²) in [5.41, 5.74) is 2.06. The Hall–Kier alpha value is -3.43. The SMILES string of the molecule is O=C1Nc2ccc(S(=O)(=O)Nc3ccc(Cl)c(-c4nnc5n4CCCCC5)c3)c3cccc1c23. The van der Waals surface area contributed by atoms with Crippen molar-refractivity contribution in [3.63, 3.8) is 0 Å². The molecule has 3 aromatic carbocycles. The summed E-state index contributed by atoms with van der Waals surface area (Å²) in [5.74, 6) is 1.32. The lowest BCUT2D eigenvalue weighted by atomic mass is 10.1. The molecule has 2 aliphatic rings. The molecule has 0 atom stereocenters. The Bertz CT molecular complexity index is 1600. The molecule has 1 aromatic heterocycles. The normalized spacial score (nSPS) is 15.1. The zero-order valence-electron chi connectivity index (χ0n) is 18.0. The van der Waals surface area contributed by atoms with Gasteiger partial charge in [-0.05, 0) is 49.2 Å². The summed E-state index contributed by atoms with van der Waals surface area (Å²) in [7, 11) is -3.96. The number of anilines is 2. The molecule has 0 radical (unpaired) electrons. The van der Waals surface area contributed by atoms with Crippen molar-refractivity contribution >= 4 is 49.7 Å². The predicted octanol–water partition coefficient (Wildman–Crippen LogP) is 4.84. The predicted molar refractivity (Wildman–Crippen MR) is 131 cm³/mol. The number of amides is 1. The van der Waals surface area contributed by atoms with E-state index in [1.807, 2.05) is 0 Å². The van der Waals surface area contributed by atoms with E-state index >= 15 is 0 Å². The number of benzene rings is 3. The summed E-state index contributed by atoms with van der Waals surface area (Å²) in [6.45, 7) is 0.803. The van der Waals surface area contributed by atoms with Gasteiger partial charge in [-0.3, -0.25) is 9.52 Å². The molecule has 0 unspecified atom stereocenters. The average Bonchev–Trinajstić information content (AvgIpc) is 3.27. The number of nitrogens with one attached hydrogen (secondary N) is 2. The van der Waals surface area contributed by atoms with E-state index in [0.29, 0.717) is 44.1 Å². The maximum absolute atomic E-state index is 13.4. The molecule has 1 amide bonds. The van der Waals surface area contributed by atoms with Crippen molar-refractivity contribution in [2.24, 2.45) is 0 Å². The van der Waals surface area contributed by atoms with Crippen molar-refractivity contribution in [3.05, 3.63) is 64.9 Å². The number of fused-ring (bicyclic) bond motifs is 1. The van der Waals surface area contributed by atoms with Crippen molar-refractivity contribution in [3.8, 4) is 11.4 Å². The first-order valence-corrected chi connectivity index (χ1v) is 12.9. The number of halogens is 1. The number of carbonyl (C=O) groups excluding carboxylic acids is 1. The summed E-state index contributed by atoms with van der Waals surface area (Å²) in [6.07, 6.45) is 4.09. The van der Waals surface area contributed by atoms with Crippen LogP contribution in [0.15, 0.2) is 53.4 Å². The largest absolute Gasteiger partial charge is 0.321 e. The third kappa shape index (κ3) is 3.35. The minimum atomic E-state index is -3.96. The molecule has 0 saturated carbocycles. The molecule has 34 heavy (non-hydrogen) atoms. The second kappa shape index (κ2) is 7.82. The van der Waals surface area contributed by atoms with Gasteiger partial charge in [0.2, 0.25) is 0 Å². The fraction of sp³-hybridized carbons (Fsp3) is 0.208. The van der Waals surface area contributed by atoms with Gasteiger partial charge in [-0.15, -0.1) is 10.2 Å². The molecule has 8 nitrogen and oxygen atoms in total. The first kappa shape index (κ1) is 21.1. The molecule has 4 aromatic rings. The van der Waals surface area contributed by atoms with Gasteiger partial charge in [-0.1, -0.05) is 30.2 Å². The molecule has 2 N–H and O–H groups in total. The number of rotatable bonds is 4. The van der Waals surface area contributed by atoms with E-state index in [1.165, 1.54) is 6.07 Å². The van der Waals surface area contributed by atoms with Crippen LogP contribution in [0, 0.1) is 0 Å². The Morgan fingerprint density at radius 1 is 1.00 bits per heavy atom. The lowest BCUT2D eigenvalue weighted by Gasteiger charge is -2.13. The van der Waals surface area contributed by atoms with Crippen LogP contribution < -0.4 is 10.0 Å². The van der Waals surface area contributed by atoms with E-state index in [1.54, 1.807) is 42.5 Å². The summed E-state index contributed by atoms with van der Waals surface area (Å²) in [5, 5.41) is 13.0. The monoisotopic (exact) mass is 493 g/mol. The molecule has 0 fully saturated rings. The number of carbonyl (C=O) groups is 1. The van der Waals surface area contributed by atoms with Crippen molar-refractivity contribution in [1.82, 2.24) is 14.8 Å². The third-order valence-corrected chi connectivity index (χ3v) is 8.12. The lowest BCUT2D eigenvalue weighted by Crippen LogP contribution is -2.13. The Labute approximate surface area is 201 Å². The summed E-state index contributed by atoms with van der Waals surface area (Å²) in [6, 6.07) is 13.2. The van der Waals surface area contributed by atoms with Gasteiger partial charge in [0.1, 0.15) is 5.82 Å². The Morgan fingerprint density at radius 2 is 1.88 bits per heavy atom. The lowest BCUT2D eigenvalue weighted by molar-refractivity contribution is 0.103. The number of sulfonamides is 1. The van der Waals surface area contributed by atoms with Gasteiger partial charge in [0.15, 0.2) is 5.82 Å². The van der Waals surface area contributed by atoms with Crippen molar-refractivity contribution in [2.45, 2.75) is 37.1 Å². The number of hydrogen-bond acceptors (Lipinski definition) is 5. The maximum Gasteiger partial charge on any atom is 0.262 e. The van der Waals surface area contributed by atoms with Crippen molar-refractivity contribution < 1.29 is 13.2 Å². The smallest absolute Gasteiger partial charge is 0.262 e. The standard InChI is InChI=1S/C24H20ClN5O3S/c25-18-9-8-14(13-17(18)23-28-27-21-7-2-1-3-12-30(21)23)29-34(32,33)20-11-10-19-22-15(20)5-4-6-16(22)24(31)26-19/h4-6,8-11,13,29H,1-3,7,12H2,(H,26,31). The van der Waals surface area contributed by atoms with E-state index in [4.69, 9.17) is 11.6 Å². The molecule has 0 aliphatic carbocycles. The molecule has 6 rings (SSSR count). The first-order valence-electron chi connectivity index (χ1n) is 11.0. The fourth-order valence-corrected chi connectivity index (χ4v) is 6.21. The van der Waals surface area contributed by atoms with Crippen LogP contribution >= 0.6 is 11.6 Å². The van der Waals surface area contributed by atoms with Crippen molar-refractivity contribution in [1.29, 1.82) is 0 Å². The van der Waals surface area contributed by atoms with Crippen molar-refractivity contribution in [2.75, 3.05) is 10.0 Å². The Kier molecular flexibility index (Phi) is 4.86. The fourth-order valence-electron chi connectivity index (χ4n) is 4.75. The highest BCUT2D eigenvalue weighted by molar-refractivity contribution is 7.93. The molecular weight excluding hydrogens is 474 g/mol. The molecule has 3 heterocycles. The quantitative estimate of drug-likeness (QED) is 0.423. The zero-order chi connectivity index (χ0) is 23.4. The zero-order valence-corrected chi connectivity index (χ0v) is 19.6. The van der Waals surface area contributed by atoms with Crippen LogP contribution in [-0.4, -0.2) is 29.1 Å². The second-order valence-electron chi connectivity index (χ2n) is 8.50. The van der Waals surface area contributed by atoms with Gasteiger partial charge in [0, 0.05) is 46.2 Å². The Morgan fingerprint density at radius 3 is 2.76 bits per heavy atom. The van der Waals surface area contributed by atoms with Crippen LogP contribution in [0.5, 0.6) is 0 Å². The van der Waals surface area contributed by atoms with E-state index < -0.39 is 10.0 Å². The summed E-state index contributed by atoms with van der Waals surface area (Å²) < 4.78 is 31.6. The van der Waals surface area contributed by atoms with Gasteiger partial charge < -0.3 is 9.88 Å². The Balaban J connectivity index is 1.40. The third-order valence-electron chi connectivity index (χ3n) is 6.35. The van der Waals surface area contributed by atoms with Crippen LogP contribution in [0.3, 0.4) is 0 Å². The van der Waals surface area contributed by atoms with Gasteiger partial charge >= 0.3 is 0 Å². The molecule has 0 spiro atoms. The van der Waals surface area contributed by atoms with E-state index in [0.717, 1.165) is 38.1 Å². The highest BCUT2D eigenvalue weighted by Crippen LogP contribution is 2.37. The van der Waals surface area contributed by atoms with Crippen LogP contribution in [0.25, 0.3) is 22.2 Å². The average molecular weight is 494 g/mol. The van der Waals surface area contributed by atoms with E-state index in [-0.39, 0.29) is 10.8 Å². The highest BCUT2D eigenvalue weighted by Gasteiger charge is 2.27. The van der Waals surface area contributed by atoms with Gasteiger partial charge in [-0.2, -0.15) is 0 Å². The van der Waals surface area contributed by atoms with Crippen LogP contribution in [0.2, 0.25) is 5.02 Å². The molecule has 10 heteroatoms. The van der Waals surface area contributed by atoms with Gasteiger partial charge in [0.25, 0.3) is 15.9 Å². The number of aryl methyl sites for hydroxylation is 1. The molecular formula is C24H20ClN5O3S. The van der Waals surface area contributed by atoms with Crippen LogP contribution in [0.4, 0.5) is 11.4 Å². The molecule has 2 aliphatic heterocycles. The van der Waals surface area contributed by atoms with Gasteiger partial charge in [-0.25, -0.2) is 8.42 Å². The van der Waals surface area contributed by atoms with E-state index in [2.05, 4.69) is 24.8 Å². The number of nitrogens with zero attached hydrogens (tertiary/aromatic N) is 3. The molecule has 0 saturated heterocycles. The minimum Gasteiger partial charge on any atom is -0.321 e. The molecule has 172 valence electrons. The molecule has 0 bridgehead atoms. The van der Waals surface area contributed by atoms with Crippen LogP contribution in [0.1, 0.15) is 35.4 Å². The van der Waals surface area contributed by atoms with E-state index in [9.17, 15) is 13.2 Å². The van der Waals surface area contributed by atoms with Crippen LogP contribution in [-0.2, 0) is 23.0 Å². The van der Waals surface area contributed by atoms with Gasteiger partial charge in [0.05, 0.1) is 9.92 Å². The summed E-state index contributed by atoms with van der Waals surface area (Å²) >= 11 is 6.50. The number of aromatic nitrogens is 3. The summed E-state index contributed by atoms with van der Waals surface area (Å²) in [4.78, 5) is 12.3. The highest BCUT2D eigenvalue weighted by atomic mass is 35.5. The number of hydrogen-bond donors (Lipinski definition) is 2. The maximum atomic E-state index is 13.4. The topological polar surface area (TPSA) is 106 Å². The second-order valence-corrected chi connectivity index (χ2v) is 10.6. The first-order chi connectivity index (χ1) is 16.4.